The van der Waals surface area contributed by atoms with Gasteiger partial charge in [0.15, 0.2) is 0 Å². The molecule has 26 heavy (non-hydrogen) atoms. The zero-order valence-electron chi connectivity index (χ0n) is 15.2. The first-order chi connectivity index (χ1) is 12.6. The topological polar surface area (TPSA) is 54.3 Å². The summed E-state index contributed by atoms with van der Waals surface area (Å²) < 4.78 is 1.72. The number of aryl methyl sites for hydroxylation is 1. The van der Waals surface area contributed by atoms with E-state index >= 15 is 0 Å². The van der Waals surface area contributed by atoms with Gasteiger partial charge >= 0.3 is 0 Å². The third-order valence-corrected chi connectivity index (χ3v) is 5.08. The molecule has 0 N–H and O–H groups in total. The van der Waals surface area contributed by atoms with E-state index in [1.165, 1.54) is 5.56 Å². The zero-order chi connectivity index (χ0) is 18.1. The maximum absolute atomic E-state index is 13.0. The molecule has 2 heterocycles. The van der Waals surface area contributed by atoms with Crippen LogP contribution in [-0.4, -0.2) is 56.4 Å². The highest BCUT2D eigenvalue weighted by atomic mass is 16.2. The molecule has 1 aromatic heterocycles. The number of aromatic nitrogens is 3. The number of carbonyl (C=O) groups is 1. The quantitative estimate of drug-likeness (QED) is 0.728. The van der Waals surface area contributed by atoms with E-state index in [9.17, 15) is 4.79 Å². The number of carbonyl (C=O) groups excluding carboxylic acids is 1. The SMILES string of the molecule is C[C@@H]1CN(Cc2ccccc2)CCN1C(=O)c1ccc2c(c1)nnn2C. The molecule has 0 saturated carbocycles. The molecule has 1 fully saturated rings. The normalized spacial score (nSPS) is 18.4. The fraction of sp³-hybridized carbons (Fsp3) is 0.350. The molecule has 134 valence electrons. The molecule has 6 nitrogen and oxygen atoms in total. The van der Waals surface area contributed by atoms with Crippen molar-refractivity contribution in [2.24, 2.45) is 7.05 Å². The minimum absolute atomic E-state index is 0.0735. The maximum Gasteiger partial charge on any atom is 0.254 e. The second-order valence-corrected chi connectivity index (χ2v) is 6.98. The molecule has 3 aromatic rings. The Morgan fingerprint density at radius 1 is 1.15 bits per heavy atom. The molecule has 1 atom stereocenters. The van der Waals surface area contributed by atoms with Crippen LogP contribution in [0.4, 0.5) is 0 Å². The van der Waals surface area contributed by atoms with Gasteiger partial charge in [0, 0.05) is 44.8 Å². The Labute approximate surface area is 153 Å². The van der Waals surface area contributed by atoms with Crippen molar-refractivity contribution in [2.75, 3.05) is 19.6 Å². The molecule has 2 aromatic carbocycles. The molecule has 1 aliphatic heterocycles. The Hall–Kier alpha value is -2.73. The monoisotopic (exact) mass is 349 g/mol. The summed E-state index contributed by atoms with van der Waals surface area (Å²) in [7, 11) is 1.85. The van der Waals surface area contributed by atoms with E-state index in [1.54, 1.807) is 4.68 Å². The lowest BCUT2D eigenvalue weighted by Gasteiger charge is -2.40. The zero-order valence-corrected chi connectivity index (χ0v) is 15.2. The lowest BCUT2D eigenvalue weighted by Crippen LogP contribution is -2.53. The molecule has 1 aliphatic rings. The number of hydrogen-bond donors (Lipinski definition) is 0. The van der Waals surface area contributed by atoms with Crippen LogP contribution in [0.2, 0.25) is 0 Å². The van der Waals surface area contributed by atoms with Crippen LogP contribution >= 0.6 is 0 Å². The third-order valence-electron chi connectivity index (χ3n) is 5.08. The predicted octanol–water partition coefficient (Wildman–Crippen LogP) is 2.31. The largest absolute Gasteiger partial charge is 0.333 e. The summed E-state index contributed by atoms with van der Waals surface area (Å²) in [5.41, 5.74) is 3.69. The van der Waals surface area contributed by atoms with Crippen LogP contribution in [0, 0.1) is 0 Å². The highest BCUT2D eigenvalue weighted by molar-refractivity contribution is 5.97. The Morgan fingerprint density at radius 3 is 2.73 bits per heavy atom. The summed E-state index contributed by atoms with van der Waals surface area (Å²) >= 11 is 0. The Bertz CT molecular complexity index is 920. The van der Waals surface area contributed by atoms with Crippen LogP contribution in [0.1, 0.15) is 22.8 Å². The van der Waals surface area contributed by atoms with E-state index in [0.29, 0.717) is 5.56 Å². The maximum atomic E-state index is 13.0. The summed E-state index contributed by atoms with van der Waals surface area (Å²) in [6, 6.07) is 16.3. The number of nitrogens with zero attached hydrogens (tertiary/aromatic N) is 5. The van der Waals surface area contributed by atoms with Gasteiger partial charge in [-0.15, -0.1) is 5.10 Å². The van der Waals surface area contributed by atoms with Crippen LogP contribution in [0.15, 0.2) is 48.5 Å². The fourth-order valence-corrected chi connectivity index (χ4v) is 3.66. The molecular formula is C20H23N5O. The number of fused-ring (bicyclic) bond motifs is 1. The summed E-state index contributed by atoms with van der Waals surface area (Å²) in [6.07, 6.45) is 0. The van der Waals surface area contributed by atoms with Gasteiger partial charge in [-0.25, -0.2) is 4.68 Å². The Kier molecular flexibility index (Phi) is 4.42. The van der Waals surface area contributed by atoms with Gasteiger partial charge < -0.3 is 4.90 Å². The summed E-state index contributed by atoms with van der Waals surface area (Å²) in [5, 5.41) is 8.13. The smallest absolute Gasteiger partial charge is 0.254 e. The first kappa shape index (κ1) is 16.7. The molecule has 1 saturated heterocycles. The van der Waals surface area contributed by atoms with Gasteiger partial charge in [-0.1, -0.05) is 35.5 Å². The lowest BCUT2D eigenvalue weighted by atomic mass is 10.1. The van der Waals surface area contributed by atoms with Crippen molar-refractivity contribution in [1.29, 1.82) is 0 Å². The first-order valence-corrected chi connectivity index (χ1v) is 8.98. The van der Waals surface area contributed by atoms with Crippen molar-refractivity contribution in [3.63, 3.8) is 0 Å². The number of rotatable bonds is 3. The minimum Gasteiger partial charge on any atom is -0.333 e. The number of piperazine rings is 1. The first-order valence-electron chi connectivity index (χ1n) is 8.98. The Balaban J connectivity index is 1.45. The summed E-state index contributed by atoms with van der Waals surface area (Å²) in [5.74, 6) is 0.0735. The third kappa shape index (κ3) is 3.20. The van der Waals surface area contributed by atoms with E-state index in [2.05, 4.69) is 46.4 Å². The van der Waals surface area contributed by atoms with Crippen molar-refractivity contribution in [1.82, 2.24) is 24.8 Å². The van der Waals surface area contributed by atoms with Gasteiger partial charge in [0.25, 0.3) is 5.91 Å². The van der Waals surface area contributed by atoms with E-state index in [-0.39, 0.29) is 11.9 Å². The molecule has 0 radical (unpaired) electrons. The van der Waals surface area contributed by atoms with Crippen LogP contribution in [0.25, 0.3) is 11.0 Å². The number of amides is 1. The lowest BCUT2D eigenvalue weighted by molar-refractivity contribution is 0.0475. The molecule has 1 amide bonds. The molecule has 0 aliphatic carbocycles. The van der Waals surface area contributed by atoms with Gasteiger partial charge in [-0.05, 0) is 30.7 Å². The van der Waals surface area contributed by atoms with Gasteiger partial charge in [0.05, 0.1) is 5.52 Å². The van der Waals surface area contributed by atoms with E-state index in [0.717, 1.165) is 37.2 Å². The fourth-order valence-electron chi connectivity index (χ4n) is 3.66. The van der Waals surface area contributed by atoms with Gasteiger partial charge in [-0.2, -0.15) is 0 Å². The van der Waals surface area contributed by atoms with Gasteiger partial charge in [-0.3, -0.25) is 9.69 Å². The molecule has 0 unspecified atom stereocenters. The van der Waals surface area contributed by atoms with Crippen molar-refractivity contribution in [2.45, 2.75) is 19.5 Å². The standard InChI is InChI=1S/C20H23N5O/c1-15-13-24(14-16-6-4-3-5-7-16)10-11-25(15)20(26)17-8-9-19-18(12-17)21-22-23(19)2/h3-9,12,15H,10-11,13-14H2,1-2H3/t15-/m1/s1. The molecule has 4 rings (SSSR count). The highest BCUT2D eigenvalue weighted by Gasteiger charge is 2.28. The van der Waals surface area contributed by atoms with Gasteiger partial charge in [0.1, 0.15) is 5.52 Å². The van der Waals surface area contributed by atoms with E-state index in [1.807, 2.05) is 36.2 Å². The van der Waals surface area contributed by atoms with Crippen molar-refractivity contribution >= 4 is 16.9 Å². The molecule has 0 bridgehead atoms. The minimum atomic E-state index is 0.0735. The van der Waals surface area contributed by atoms with Crippen LogP contribution in [-0.2, 0) is 13.6 Å². The number of benzene rings is 2. The summed E-state index contributed by atoms with van der Waals surface area (Å²) in [6.45, 7) is 5.56. The van der Waals surface area contributed by atoms with Gasteiger partial charge in [0.2, 0.25) is 0 Å². The Morgan fingerprint density at radius 2 is 1.96 bits per heavy atom. The molecule has 6 heteroatoms. The number of hydrogen-bond acceptors (Lipinski definition) is 4. The van der Waals surface area contributed by atoms with Crippen LogP contribution in [0.3, 0.4) is 0 Å². The summed E-state index contributed by atoms with van der Waals surface area (Å²) in [4.78, 5) is 17.4. The predicted molar refractivity (Wildman–Crippen MR) is 101 cm³/mol. The van der Waals surface area contributed by atoms with Crippen molar-refractivity contribution in [3.8, 4) is 0 Å². The van der Waals surface area contributed by atoms with Crippen LogP contribution < -0.4 is 0 Å². The second kappa shape index (κ2) is 6.88. The molecular weight excluding hydrogens is 326 g/mol. The molecule has 0 spiro atoms. The average Bonchev–Trinajstić information content (AvgIpc) is 3.03. The second-order valence-electron chi connectivity index (χ2n) is 6.98. The van der Waals surface area contributed by atoms with Crippen LogP contribution in [0.5, 0.6) is 0 Å². The van der Waals surface area contributed by atoms with E-state index < -0.39 is 0 Å². The van der Waals surface area contributed by atoms with Crippen molar-refractivity contribution in [3.05, 3.63) is 59.7 Å². The van der Waals surface area contributed by atoms with Crippen molar-refractivity contribution < 1.29 is 4.79 Å². The highest BCUT2D eigenvalue weighted by Crippen LogP contribution is 2.19. The van der Waals surface area contributed by atoms with E-state index in [4.69, 9.17) is 0 Å². The average molecular weight is 349 g/mol.